The van der Waals surface area contributed by atoms with Gasteiger partial charge in [-0.25, -0.2) is 0 Å². The first-order valence-electron chi connectivity index (χ1n) is 4.55. The fraction of sp³-hybridized carbons (Fsp3) is 0.667. The summed E-state index contributed by atoms with van der Waals surface area (Å²) in [5, 5.41) is 5.07. The van der Waals surface area contributed by atoms with E-state index in [0.717, 1.165) is 0 Å². The molecule has 0 rings (SSSR count). The quantitative estimate of drug-likeness (QED) is 0.458. The molecule has 15 heavy (non-hydrogen) atoms. The van der Waals surface area contributed by atoms with Crippen LogP contribution in [-0.2, 0) is 35.4 Å². The molecule has 0 aliphatic rings. The number of carbonyl (C=O) groups excluding carboxylic acids is 2. The van der Waals surface area contributed by atoms with E-state index in [1.165, 1.54) is 0 Å². The van der Waals surface area contributed by atoms with E-state index in [0.29, 0.717) is 19.8 Å². The standard InChI is InChI=1S/C9H17N2O3.W/c1-3-14-7-6-11-9(13)5-4-8(12)10-2;/h1,3-7H2,2H3,(H,10,12)(H,11,13);/q-1;. The van der Waals surface area contributed by atoms with Crippen LogP contribution in [0, 0.1) is 6.92 Å². The van der Waals surface area contributed by atoms with E-state index in [4.69, 9.17) is 4.74 Å². The third-order valence-corrected chi connectivity index (χ3v) is 1.57. The summed E-state index contributed by atoms with van der Waals surface area (Å²) in [6.07, 6.45) is 0.433. The summed E-state index contributed by atoms with van der Waals surface area (Å²) in [5.41, 5.74) is 0. The maximum absolute atomic E-state index is 11.1. The summed E-state index contributed by atoms with van der Waals surface area (Å²) >= 11 is 0. The fourth-order valence-corrected chi connectivity index (χ4v) is 0.805. The Morgan fingerprint density at radius 2 is 1.87 bits per heavy atom. The molecular weight excluding hydrogens is 368 g/mol. The van der Waals surface area contributed by atoms with Crippen molar-refractivity contribution in [2.45, 2.75) is 12.8 Å². The Kier molecular flexibility index (Phi) is 13.2. The first-order valence-corrected chi connectivity index (χ1v) is 4.55. The van der Waals surface area contributed by atoms with Gasteiger partial charge in [-0.2, -0.15) is 0 Å². The largest absolute Gasteiger partial charge is 0.412 e. The molecule has 0 aromatic carbocycles. The average molecular weight is 385 g/mol. The van der Waals surface area contributed by atoms with E-state index in [9.17, 15) is 9.59 Å². The zero-order valence-corrected chi connectivity index (χ0v) is 11.8. The molecule has 0 spiro atoms. The van der Waals surface area contributed by atoms with Gasteiger partial charge in [0.15, 0.2) is 0 Å². The average Bonchev–Trinajstić information content (AvgIpc) is 2.21. The first-order chi connectivity index (χ1) is 6.70. The molecule has 6 heteroatoms. The van der Waals surface area contributed by atoms with Crippen molar-refractivity contribution in [1.29, 1.82) is 0 Å². The first kappa shape index (κ1) is 17.0. The molecular formula is C9H17N2O3W-. The molecule has 0 aliphatic carbocycles. The maximum atomic E-state index is 11.1. The molecule has 5 nitrogen and oxygen atoms in total. The number of rotatable bonds is 7. The zero-order valence-electron chi connectivity index (χ0n) is 8.88. The molecule has 0 heterocycles. The number of carbonyl (C=O) groups is 2. The van der Waals surface area contributed by atoms with Crippen molar-refractivity contribution in [3.05, 3.63) is 6.92 Å². The smallest absolute Gasteiger partial charge is 0.220 e. The summed E-state index contributed by atoms with van der Waals surface area (Å²) in [6.45, 7) is 4.80. The Morgan fingerprint density at radius 3 is 2.40 bits per heavy atom. The molecule has 88 valence electrons. The second-order valence-electron chi connectivity index (χ2n) is 2.64. The Hall–Kier alpha value is -0.412. The van der Waals surface area contributed by atoms with Gasteiger partial charge in [0.1, 0.15) is 0 Å². The van der Waals surface area contributed by atoms with Gasteiger partial charge in [0.25, 0.3) is 0 Å². The second kappa shape index (κ2) is 11.7. The van der Waals surface area contributed by atoms with Crippen LogP contribution in [0.25, 0.3) is 0 Å². The van der Waals surface area contributed by atoms with Crippen LogP contribution in [0.4, 0.5) is 0 Å². The van der Waals surface area contributed by atoms with E-state index >= 15 is 0 Å². The predicted molar refractivity (Wildman–Crippen MR) is 52.5 cm³/mol. The summed E-state index contributed by atoms with van der Waals surface area (Å²) in [6, 6.07) is 0. The topological polar surface area (TPSA) is 67.4 Å². The van der Waals surface area contributed by atoms with Crippen LogP contribution in [0.5, 0.6) is 0 Å². The van der Waals surface area contributed by atoms with E-state index in [-0.39, 0.29) is 45.7 Å². The number of hydrogen-bond acceptors (Lipinski definition) is 3. The zero-order chi connectivity index (χ0) is 10.8. The van der Waals surface area contributed by atoms with Gasteiger partial charge in [-0.3, -0.25) is 9.59 Å². The van der Waals surface area contributed by atoms with Crippen molar-refractivity contribution in [3.8, 4) is 0 Å². The van der Waals surface area contributed by atoms with Gasteiger partial charge >= 0.3 is 0 Å². The van der Waals surface area contributed by atoms with Crippen LogP contribution in [0.1, 0.15) is 12.8 Å². The predicted octanol–water partition coefficient (Wildman–Crippen LogP) is -0.523. The Labute approximate surface area is 105 Å². The van der Waals surface area contributed by atoms with Crippen molar-refractivity contribution in [3.63, 3.8) is 0 Å². The fourth-order valence-electron chi connectivity index (χ4n) is 0.805. The third-order valence-electron chi connectivity index (χ3n) is 1.57. The molecule has 0 saturated heterocycles. The van der Waals surface area contributed by atoms with Crippen LogP contribution in [0.2, 0.25) is 0 Å². The maximum Gasteiger partial charge on any atom is 0.220 e. The summed E-state index contributed by atoms with van der Waals surface area (Å²) in [4.78, 5) is 21.8. The van der Waals surface area contributed by atoms with Crippen molar-refractivity contribution < 1.29 is 35.4 Å². The third kappa shape index (κ3) is 11.5. The number of amides is 2. The van der Waals surface area contributed by atoms with Gasteiger partial charge in [-0.05, 0) is 0 Å². The molecule has 2 N–H and O–H groups in total. The van der Waals surface area contributed by atoms with E-state index in [2.05, 4.69) is 17.6 Å². The van der Waals surface area contributed by atoms with E-state index < -0.39 is 0 Å². The van der Waals surface area contributed by atoms with Gasteiger partial charge in [-0.1, -0.05) is 6.61 Å². The van der Waals surface area contributed by atoms with E-state index in [1.807, 2.05) is 0 Å². The Balaban J connectivity index is 0. The van der Waals surface area contributed by atoms with Gasteiger partial charge < -0.3 is 22.3 Å². The second-order valence-corrected chi connectivity index (χ2v) is 2.64. The molecule has 0 bridgehead atoms. The molecule has 2 amide bonds. The minimum Gasteiger partial charge on any atom is -0.412 e. The molecule has 0 radical (unpaired) electrons. The van der Waals surface area contributed by atoms with Crippen LogP contribution in [0.3, 0.4) is 0 Å². The van der Waals surface area contributed by atoms with Crippen molar-refractivity contribution in [1.82, 2.24) is 10.6 Å². The van der Waals surface area contributed by atoms with Crippen molar-refractivity contribution >= 4 is 11.8 Å². The summed E-state index contributed by atoms with van der Waals surface area (Å²) in [7, 11) is 1.54. The normalized spacial score (nSPS) is 8.93. The van der Waals surface area contributed by atoms with Crippen molar-refractivity contribution in [2.75, 3.05) is 26.8 Å². The molecule has 0 aliphatic heterocycles. The minimum absolute atomic E-state index is 0. The Morgan fingerprint density at radius 1 is 1.27 bits per heavy atom. The number of nitrogens with one attached hydrogen (secondary N) is 2. The number of ether oxygens (including phenoxy) is 1. The molecule has 0 saturated carbocycles. The summed E-state index contributed by atoms with van der Waals surface area (Å²) < 4.78 is 4.93. The molecule has 0 atom stereocenters. The SMILES string of the molecule is [CH2-]COCCNC(=O)CCC(=O)NC.[W]. The van der Waals surface area contributed by atoms with Crippen LogP contribution < -0.4 is 10.6 Å². The molecule has 0 unspecified atom stereocenters. The van der Waals surface area contributed by atoms with Gasteiger partial charge in [-0.15, -0.1) is 0 Å². The van der Waals surface area contributed by atoms with Gasteiger partial charge in [0, 0.05) is 47.5 Å². The summed E-state index contributed by atoms with van der Waals surface area (Å²) in [5.74, 6) is -0.268. The Bertz CT molecular complexity index is 188. The van der Waals surface area contributed by atoms with Crippen LogP contribution in [0.15, 0.2) is 0 Å². The molecule has 0 aromatic rings. The van der Waals surface area contributed by atoms with Gasteiger partial charge in [0.2, 0.25) is 11.8 Å². The van der Waals surface area contributed by atoms with Crippen LogP contribution >= 0.6 is 0 Å². The van der Waals surface area contributed by atoms with E-state index in [1.54, 1.807) is 7.05 Å². The monoisotopic (exact) mass is 385 g/mol. The molecule has 0 fully saturated rings. The van der Waals surface area contributed by atoms with Gasteiger partial charge in [0.05, 0.1) is 6.61 Å². The number of hydrogen-bond donors (Lipinski definition) is 2. The molecule has 0 aromatic heterocycles. The van der Waals surface area contributed by atoms with Crippen LogP contribution in [-0.4, -0.2) is 38.6 Å². The minimum atomic E-state index is -0.138. The van der Waals surface area contributed by atoms with Crippen molar-refractivity contribution in [2.24, 2.45) is 0 Å².